The number of amides is 3. The standard InChI is InChI=1S/C14H25N3O4/c1-4-21-13(19)11-7-5-6-8-17(11)9-12(18)16-14(20)15-10(2)3/h10-11H,4-9H2,1-3H3,(H2,15,16,18,20). The predicted octanol–water partition coefficient (Wildman–Crippen LogP) is 0.638. The largest absolute Gasteiger partial charge is 0.465 e. The van der Waals surface area contributed by atoms with Crippen molar-refractivity contribution < 1.29 is 19.1 Å². The minimum atomic E-state index is -0.514. The molecule has 0 bridgehead atoms. The number of hydrogen-bond donors (Lipinski definition) is 2. The van der Waals surface area contributed by atoms with Gasteiger partial charge in [0.15, 0.2) is 0 Å². The minimum Gasteiger partial charge on any atom is -0.465 e. The van der Waals surface area contributed by atoms with Crippen LogP contribution in [-0.4, -0.2) is 54.6 Å². The Morgan fingerprint density at radius 3 is 2.62 bits per heavy atom. The molecule has 1 unspecified atom stereocenters. The molecule has 0 aromatic rings. The smallest absolute Gasteiger partial charge is 0.323 e. The van der Waals surface area contributed by atoms with Crippen LogP contribution in [0.3, 0.4) is 0 Å². The van der Waals surface area contributed by atoms with Crippen LogP contribution < -0.4 is 10.6 Å². The van der Waals surface area contributed by atoms with Crippen LogP contribution in [-0.2, 0) is 14.3 Å². The molecule has 3 amide bonds. The molecule has 1 fully saturated rings. The molecule has 120 valence electrons. The molecular weight excluding hydrogens is 274 g/mol. The van der Waals surface area contributed by atoms with Crippen molar-refractivity contribution in [1.82, 2.24) is 15.5 Å². The van der Waals surface area contributed by atoms with Crippen LogP contribution >= 0.6 is 0 Å². The van der Waals surface area contributed by atoms with E-state index >= 15 is 0 Å². The number of carbonyl (C=O) groups excluding carboxylic acids is 3. The molecule has 0 spiro atoms. The van der Waals surface area contributed by atoms with Gasteiger partial charge in [0, 0.05) is 6.04 Å². The van der Waals surface area contributed by atoms with Crippen molar-refractivity contribution in [3.63, 3.8) is 0 Å². The van der Waals surface area contributed by atoms with Gasteiger partial charge in [0.25, 0.3) is 0 Å². The maximum absolute atomic E-state index is 11.9. The maximum Gasteiger partial charge on any atom is 0.323 e. The number of carbonyl (C=O) groups is 3. The van der Waals surface area contributed by atoms with Gasteiger partial charge in [-0.05, 0) is 40.2 Å². The van der Waals surface area contributed by atoms with Crippen molar-refractivity contribution in [2.75, 3.05) is 19.7 Å². The highest BCUT2D eigenvalue weighted by atomic mass is 16.5. The summed E-state index contributed by atoms with van der Waals surface area (Å²) in [5, 5.41) is 4.85. The third kappa shape index (κ3) is 6.12. The maximum atomic E-state index is 11.9. The molecule has 0 saturated carbocycles. The number of piperidine rings is 1. The number of nitrogens with one attached hydrogen (secondary N) is 2. The molecule has 0 aliphatic carbocycles. The average molecular weight is 299 g/mol. The first-order chi connectivity index (χ1) is 9.93. The molecule has 1 rings (SSSR count). The van der Waals surface area contributed by atoms with E-state index in [9.17, 15) is 14.4 Å². The Balaban J connectivity index is 2.51. The summed E-state index contributed by atoms with van der Waals surface area (Å²) < 4.78 is 5.04. The molecule has 2 N–H and O–H groups in total. The average Bonchev–Trinajstić information content (AvgIpc) is 2.38. The quantitative estimate of drug-likeness (QED) is 0.727. The zero-order valence-electron chi connectivity index (χ0n) is 13.0. The van der Waals surface area contributed by atoms with Crippen molar-refractivity contribution in [2.24, 2.45) is 0 Å². The first-order valence-electron chi connectivity index (χ1n) is 7.45. The summed E-state index contributed by atoms with van der Waals surface area (Å²) in [6.07, 6.45) is 2.56. The number of rotatable bonds is 5. The molecule has 1 atom stereocenters. The molecule has 1 saturated heterocycles. The van der Waals surface area contributed by atoms with E-state index in [1.54, 1.807) is 11.8 Å². The number of urea groups is 1. The second-order valence-electron chi connectivity index (χ2n) is 5.41. The van der Waals surface area contributed by atoms with Gasteiger partial charge in [-0.3, -0.25) is 19.8 Å². The van der Waals surface area contributed by atoms with Crippen molar-refractivity contribution in [2.45, 2.75) is 52.1 Å². The second kappa shape index (κ2) is 8.61. The highest BCUT2D eigenvalue weighted by Gasteiger charge is 2.31. The van der Waals surface area contributed by atoms with Gasteiger partial charge < -0.3 is 10.1 Å². The van der Waals surface area contributed by atoms with Gasteiger partial charge in [-0.15, -0.1) is 0 Å². The van der Waals surface area contributed by atoms with Gasteiger partial charge in [-0.1, -0.05) is 6.42 Å². The molecule has 0 aromatic carbocycles. The molecule has 1 aliphatic heterocycles. The van der Waals surface area contributed by atoms with Crippen molar-refractivity contribution in [1.29, 1.82) is 0 Å². The lowest BCUT2D eigenvalue weighted by Gasteiger charge is -2.33. The zero-order chi connectivity index (χ0) is 15.8. The van der Waals surface area contributed by atoms with Crippen LogP contribution in [0, 0.1) is 0 Å². The molecule has 1 heterocycles. The highest BCUT2D eigenvalue weighted by Crippen LogP contribution is 2.17. The Morgan fingerprint density at radius 2 is 2.00 bits per heavy atom. The van der Waals surface area contributed by atoms with E-state index in [0.29, 0.717) is 19.6 Å². The lowest BCUT2D eigenvalue weighted by atomic mass is 10.0. The summed E-state index contributed by atoms with van der Waals surface area (Å²) in [4.78, 5) is 37.0. The fraction of sp³-hybridized carbons (Fsp3) is 0.786. The lowest BCUT2D eigenvalue weighted by Crippen LogP contribution is -2.51. The van der Waals surface area contributed by atoms with E-state index in [1.807, 2.05) is 13.8 Å². The summed E-state index contributed by atoms with van der Waals surface area (Å²) in [5.41, 5.74) is 0. The molecule has 0 radical (unpaired) electrons. The van der Waals surface area contributed by atoms with Crippen LogP contribution in [0.5, 0.6) is 0 Å². The SMILES string of the molecule is CCOC(=O)C1CCCCN1CC(=O)NC(=O)NC(C)C. The lowest BCUT2D eigenvalue weighted by molar-refractivity contribution is -0.151. The van der Waals surface area contributed by atoms with Crippen LogP contribution in [0.25, 0.3) is 0 Å². The molecular formula is C14H25N3O4. The van der Waals surface area contributed by atoms with E-state index in [0.717, 1.165) is 12.8 Å². The van der Waals surface area contributed by atoms with E-state index in [2.05, 4.69) is 10.6 Å². The summed E-state index contributed by atoms with van der Waals surface area (Å²) in [5.74, 6) is -0.707. The van der Waals surface area contributed by atoms with Crippen LogP contribution in [0.4, 0.5) is 4.79 Å². The number of nitrogens with zero attached hydrogens (tertiary/aromatic N) is 1. The van der Waals surface area contributed by atoms with Gasteiger partial charge in [0.2, 0.25) is 5.91 Å². The van der Waals surface area contributed by atoms with Crippen molar-refractivity contribution in [3.05, 3.63) is 0 Å². The Kier molecular flexibility index (Phi) is 7.14. The molecule has 1 aliphatic rings. The Bertz CT molecular complexity index is 384. The number of ether oxygens (including phenoxy) is 1. The van der Waals surface area contributed by atoms with Crippen LogP contribution in [0.1, 0.15) is 40.0 Å². The van der Waals surface area contributed by atoms with Crippen LogP contribution in [0.15, 0.2) is 0 Å². The number of imide groups is 1. The van der Waals surface area contributed by atoms with Gasteiger partial charge in [-0.25, -0.2) is 4.79 Å². The highest BCUT2D eigenvalue weighted by molar-refractivity contribution is 5.95. The predicted molar refractivity (Wildman–Crippen MR) is 77.7 cm³/mol. The topological polar surface area (TPSA) is 87.7 Å². The Labute approximate surface area is 125 Å². The number of esters is 1. The van der Waals surface area contributed by atoms with Gasteiger partial charge in [0.1, 0.15) is 6.04 Å². The molecule has 7 heteroatoms. The zero-order valence-corrected chi connectivity index (χ0v) is 13.0. The molecule has 7 nitrogen and oxygen atoms in total. The number of likely N-dealkylation sites (tertiary alicyclic amines) is 1. The third-order valence-electron chi connectivity index (χ3n) is 3.19. The fourth-order valence-electron chi connectivity index (χ4n) is 2.33. The molecule has 0 aromatic heterocycles. The fourth-order valence-corrected chi connectivity index (χ4v) is 2.33. The first kappa shape index (κ1) is 17.4. The van der Waals surface area contributed by atoms with Gasteiger partial charge in [-0.2, -0.15) is 0 Å². The minimum absolute atomic E-state index is 0.0228. The first-order valence-corrected chi connectivity index (χ1v) is 7.45. The van der Waals surface area contributed by atoms with Crippen molar-refractivity contribution in [3.8, 4) is 0 Å². The van der Waals surface area contributed by atoms with Crippen molar-refractivity contribution >= 4 is 17.9 Å². The normalized spacial score (nSPS) is 19.1. The van der Waals surface area contributed by atoms with E-state index < -0.39 is 18.0 Å². The number of hydrogen-bond acceptors (Lipinski definition) is 5. The monoisotopic (exact) mass is 299 g/mol. The van der Waals surface area contributed by atoms with Crippen LogP contribution in [0.2, 0.25) is 0 Å². The Hall–Kier alpha value is -1.63. The van der Waals surface area contributed by atoms with E-state index in [4.69, 9.17) is 4.74 Å². The summed E-state index contributed by atoms with van der Waals surface area (Å²) >= 11 is 0. The third-order valence-corrected chi connectivity index (χ3v) is 3.19. The molecule has 21 heavy (non-hydrogen) atoms. The van der Waals surface area contributed by atoms with Gasteiger partial charge >= 0.3 is 12.0 Å². The summed E-state index contributed by atoms with van der Waals surface area (Å²) in [6.45, 7) is 6.38. The van der Waals surface area contributed by atoms with E-state index in [1.165, 1.54) is 0 Å². The summed E-state index contributed by atoms with van der Waals surface area (Å²) in [6, 6.07) is -0.947. The second-order valence-corrected chi connectivity index (χ2v) is 5.41. The summed E-state index contributed by atoms with van der Waals surface area (Å²) in [7, 11) is 0. The van der Waals surface area contributed by atoms with Gasteiger partial charge in [0.05, 0.1) is 13.2 Å². The Morgan fingerprint density at radius 1 is 1.29 bits per heavy atom. The van der Waals surface area contributed by atoms with E-state index in [-0.39, 0.29) is 18.6 Å².